The Hall–Kier alpha value is -2.15. The normalized spacial score (nSPS) is 10.3. The molecule has 2 heterocycles. The Bertz CT molecular complexity index is 615. The average Bonchev–Trinajstić information content (AvgIpc) is 2.84. The molecule has 94 valence electrons. The van der Waals surface area contributed by atoms with E-state index in [-0.39, 0.29) is 10.8 Å². The first-order chi connectivity index (χ1) is 8.49. The van der Waals surface area contributed by atoms with Crippen molar-refractivity contribution in [2.45, 2.75) is 13.8 Å². The molecular weight excluding hydrogens is 254 g/mol. The Balaban J connectivity index is 2.20. The van der Waals surface area contributed by atoms with Gasteiger partial charge < -0.3 is 10.4 Å². The minimum Gasteiger partial charge on any atom is -0.477 e. The SMILES string of the molecule is Cc1cc(NC(=O)c2cn[nH]c2C)sc1C(=O)O. The van der Waals surface area contributed by atoms with Crippen molar-refractivity contribution in [2.24, 2.45) is 0 Å². The molecule has 18 heavy (non-hydrogen) atoms. The van der Waals surface area contributed by atoms with Crippen LogP contribution in [0.5, 0.6) is 0 Å². The van der Waals surface area contributed by atoms with Gasteiger partial charge in [-0.3, -0.25) is 9.89 Å². The van der Waals surface area contributed by atoms with E-state index in [1.165, 1.54) is 6.20 Å². The number of aromatic amines is 1. The summed E-state index contributed by atoms with van der Waals surface area (Å²) in [5, 5.41) is 18.5. The topological polar surface area (TPSA) is 95.1 Å². The van der Waals surface area contributed by atoms with Gasteiger partial charge in [-0.25, -0.2) is 4.79 Å². The summed E-state index contributed by atoms with van der Waals surface area (Å²) >= 11 is 1.04. The van der Waals surface area contributed by atoms with Crippen LogP contribution >= 0.6 is 11.3 Å². The van der Waals surface area contributed by atoms with Gasteiger partial charge in [0.25, 0.3) is 5.91 Å². The number of rotatable bonds is 3. The molecule has 0 aliphatic rings. The van der Waals surface area contributed by atoms with Crippen molar-refractivity contribution in [3.8, 4) is 0 Å². The van der Waals surface area contributed by atoms with E-state index in [2.05, 4.69) is 15.5 Å². The smallest absolute Gasteiger partial charge is 0.346 e. The third-order valence-corrected chi connectivity index (χ3v) is 3.56. The molecule has 0 saturated heterocycles. The summed E-state index contributed by atoms with van der Waals surface area (Å²) in [6.45, 7) is 3.43. The van der Waals surface area contributed by atoms with E-state index in [4.69, 9.17) is 5.11 Å². The predicted octanol–water partition coefficient (Wildman–Crippen LogP) is 2.04. The lowest BCUT2D eigenvalue weighted by Gasteiger charge is -2.00. The van der Waals surface area contributed by atoms with Gasteiger partial charge in [0.2, 0.25) is 0 Å². The van der Waals surface area contributed by atoms with Crippen LogP contribution in [-0.2, 0) is 0 Å². The Labute approximate surface area is 107 Å². The number of carboxylic acid groups (broad SMARTS) is 1. The third kappa shape index (κ3) is 2.25. The molecule has 0 aliphatic heterocycles. The zero-order valence-electron chi connectivity index (χ0n) is 9.77. The maximum Gasteiger partial charge on any atom is 0.346 e. The minimum atomic E-state index is -0.988. The fraction of sp³-hybridized carbons (Fsp3) is 0.182. The Morgan fingerprint density at radius 1 is 1.44 bits per heavy atom. The molecule has 2 aromatic heterocycles. The van der Waals surface area contributed by atoms with Crippen molar-refractivity contribution < 1.29 is 14.7 Å². The summed E-state index contributed by atoms with van der Waals surface area (Å²) in [4.78, 5) is 23.0. The van der Waals surface area contributed by atoms with Gasteiger partial charge in [-0.2, -0.15) is 5.10 Å². The van der Waals surface area contributed by atoms with Crippen molar-refractivity contribution in [2.75, 3.05) is 5.32 Å². The number of nitrogens with zero attached hydrogens (tertiary/aromatic N) is 1. The van der Waals surface area contributed by atoms with Gasteiger partial charge in [0.05, 0.1) is 16.8 Å². The molecule has 0 radical (unpaired) electrons. The van der Waals surface area contributed by atoms with E-state index in [0.717, 1.165) is 11.3 Å². The summed E-state index contributed by atoms with van der Waals surface area (Å²) in [6, 6.07) is 1.64. The van der Waals surface area contributed by atoms with Gasteiger partial charge in [-0.05, 0) is 25.5 Å². The average molecular weight is 265 g/mol. The number of aryl methyl sites for hydroxylation is 2. The molecule has 0 saturated carbocycles. The summed E-state index contributed by atoms with van der Waals surface area (Å²) in [6.07, 6.45) is 1.43. The quantitative estimate of drug-likeness (QED) is 0.791. The van der Waals surface area contributed by atoms with Crippen molar-refractivity contribution in [1.82, 2.24) is 10.2 Å². The standard InChI is InChI=1S/C11H11N3O3S/c1-5-3-8(18-9(5)11(16)17)13-10(15)7-4-12-14-6(7)2/h3-4H,1-2H3,(H,12,14)(H,13,15)(H,16,17). The Morgan fingerprint density at radius 2 is 2.17 bits per heavy atom. The van der Waals surface area contributed by atoms with E-state index < -0.39 is 5.97 Å². The second kappa shape index (κ2) is 4.61. The molecule has 0 bridgehead atoms. The maximum atomic E-state index is 11.9. The van der Waals surface area contributed by atoms with Crippen LogP contribution in [0.2, 0.25) is 0 Å². The van der Waals surface area contributed by atoms with E-state index in [9.17, 15) is 9.59 Å². The van der Waals surface area contributed by atoms with Gasteiger partial charge in [0.15, 0.2) is 0 Å². The number of hydrogen-bond donors (Lipinski definition) is 3. The number of carbonyl (C=O) groups is 2. The summed E-state index contributed by atoms with van der Waals surface area (Å²) < 4.78 is 0. The first-order valence-corrected chi connectivity index (χ1v) is 5.95. The molecule has 7 heteroatoms. The number of carboxylic acids is 1. The molecule has 0 atom stereocenters. The van der Waals surface area contributed by atoms with E-state index in [1.54, 1.807) is 19.9 Å². The fourth-order valence-corrected chi connectivity index (χ4v) is 2.42. The molecule has 1 amide bonds. The third-order valence-electron chi connectivity index (χ3n) is 2.42. The van der Waals surface area contributed by atoms with E-state index in [0.29, 0.717) is 21.8 Å². The number of carbonyl (C=O) groups excluding carboxylic acids is 1. The second-order valence-corrected chi connectivity index (χ2v) is 4.84. The van der Waals surface area contributed by atoms with Crippen molar-refractivity contribution >= 4 is 28.2 Å². The number of amides is 1. The molecule has 2 rings (SSSR count). The minimum absolute atomic E-state index is 0.231. The van der Waals surface area contributed by atoms with Gasteiger partial charge in [0.1, 0.15) is 4.88 Å². The van der Waals surface area contributed by atoms with Crippen molar-refractivity contribution in [1.29, 1.82) is 0 Å². The van der Waals surface area contributed by atoms with Crippen LogP contribution in [0, 0.1) is 13.8 Å². The van der Waals surface area contributed by atoms with Crippen molar-refractivity contribution in [3.63, 3.8) is 0 Å². The number of thiophene rings is 1. The molecule has 0 aliphatic carbocycles. The van der Waals surface area contributed by atoms with Crippen LogP contribution in [0.3, 0.4) is 0 Å². The fourth-order valence-electron chi connectivity index (χ4n) is 1.51. The monoisotopic (exact) mass is 265 g/mol. The molecule has 0 unspecified atom stereocenters. The first-order valence-electron chi connectivity index (χ1n) is 5.14. The number of hydrogen-bond acceptors (Lipinski definition) is 4. The highest BCUT2D eigenvalue weighted by Gasteiger charge is 2.16. The van der Waals surface area contributed by atoms with Crippen LogP contribution < -0.4 is 5.32 Å². The van der Waals surface area contributed by atoms with Crippen molar-refractivity contribution in [3.05, 3.63) is 34.0 Å². The van der Waals surface area contributed by atoms with Crippen LogP contribution in [0.15, 0.2) is 12.3 Å². The lowest BCUT2D eigenvalue weighted by atomic mass is 10.2. The zero-order chi connectivity index (χ0) is 13.3. The molecule has 0 aromatic carbocycles. The van der Waals surface area contributed by atoms with Crippen LogP contribution in [0.1, 0.15) is 31.3 Å². The molecule has 6 nitrogen and oxygen atoms in total. The van der Waals surface area contributed by atoms with E-state index in [1.807, 2.05) is 0 Å². The number of anilines is 1. The number of H-pyrrole nitrogens is 1. The van der Waals surface area contributed by atoms with Crippen LogP contribution in [-0.4, -0.2) is 27.2 Å². The molecule has 3 N–H and O–H groups in total. The largest absolute Gasteiger partial charge is 0.477 e. The highest BCUT2D eigenvalue weighted by atomic mass is 32.1. The highest BCUT2D eigenvalue weighted by molar-refractivity contribution is 7.18. The zero-order valence-corrected chi connectivity index (χ0v) is 10.6. The maximum absolute atomic E-state index is 11.9. The number of aromatic carboxylic acids is 1. The predicted molar refractivity (Wildman–Crippen MR) is 67.3 cm³/mol. The summed E-state index contributed by atoms with van der Waals surface area (Å²) in [5.74, 6) is -1.29. The summed E-state index contributed by atoms with van der Waals surface area (Å²) in [5.41, 5.74) is 1.74. The number of nitrogens with one attached hydrogen (secondary N) is 2. The van der Waals surface area contributed by atoms with Crippen LogP contribution in [0.4, 0.5) is 5.00 Å². The Morgan fingerprint density at radius 3 is 2.67 bits per heavy atom. The lowest BCUT2D eigenvalue weighted by Crippen LogP contribution is -2.11. The van der Waals surface area contributed by atoms with Crippen LogP contribution in [0.25, 0.3) is 0 Å². The number of aromatic nitrogens is 2. The molecule has 0 spiro atoms. The molecule has 0 fully saturated rings. The lowest BCUT2D eigenvalue weighted by molar-refractivity contribution is 0.0701. The summed E-state index contributed by atoms with van der Waals surface area (Å²) in [7, 11) is 0. The van der Waals surface area contributed by atoms with Gasteiger partial charge >= 0.3 is 5.97 Å². The van der Waals surface area contributed by atoms with Gasteiger partial charge in [-0.1, -0.05) is 0 Å². The first kappa shape index (κ1) is 12.3. The van der Waals surface area contributed by atoms with Gasteiger partial charge in [-0.15, -0.1) is 11.3 Å². The molecular formula is C11H11N3O3S. The second-order valence-electron chi connectivity index (χ2n) is 3.79. The van der Waals surface area contributed by atoms with Gasteiger partial charge in [0, 0.05) is 5.69 Å². The van der Waals surface area contributed by atoms with E-state index >= 15 is 0 Å². The Kier molecular flexibility index (Phi) is 3.15. The highest BCUT2D eigenvalue weighted by Crippen LogP contribution is 2.27. The molecule has 2 aromatic rings.